The van der Waals surface area contributed by atoms with Crippen LogP contribution in [-0.2, 0) is 0 Å². The number of nitrogens with zero attached hydrogens (tertiary/aromatic N) is 2. The summed E-state index contributed by atoms with van der Waals surface area (Å²) < 4.78 is 1.22. The topological polar surface area (TPSA) is 53.6 Å². The highest BCUT2D eigenvalue weighted by Gasteiger charge is 2.19. The van der Waals surface area contributed by atoms with Crippen LogP contribution in [0.15, 0.2) is 48.5 Å². The van der Waals surface area contributed by atoms with Crippen LogP contribution >= 0.6 is 22.6 Å². The zero-order chi connectivity index (χ0) is 20.9. The number of aromatic amines is 1. The zero-order valence-electron chi connectivity index (χ0n) is 17.7. The molecule has 2 heterocycles. The van der Waals surface area contributed by atoms with E-state index in [1.54, 1.807) is 0 Å². The molecule has 0 aliphatic heterocycles. The Labute approximate surface area is 192 Å². The van der Waals surface area contributed by atoms with Crippen LogP contribution in [-0.4, -0.2) is 15.0 Å². The van der Waals surface area contributed by atoms with E-state index in [1.165, 1.54) is 42.1 Å². The molecule has 0 saturated heterocycles. The standard InChI is InChI=1S/C25H29IN4/c1-3-5-9-17(10-6-4-2)24-29-22-20-11-7-8-12-21(20)28-25(23(22)30-24)27-19-15-13-18(26)14-16-19/h7-8,11-17H,3-6,9-10H2,1-2H3,(H,27,28)(H,29,30). The average Bonchev–Trinajstić information content (AvgIpc) is 3.21. The minimum Gasteiger partial charge on any atom is -0.339 e. The molecule has 0 spiro atoms. The van der Waals surface area contributed by atoms with Crippen LogP contribution < -0.4 is 5.32 Å². The van der Waals surface area contributed by atoms with E-state index in [-0.39, 0.29) is 0 Å². The average molecular weight is 512 g/mol. The van der Waals surface area contributed by atoms with Crippen molar-refractivity contribution < 1.29 is 0 Å². The van der Waals surface area contributed by atoms with Gasteiger partial charge in [0.05, 0.1) is 5.52 Å². The van der Waals surface area contributed by atoms with Crippen molar-refractivity contribution in [2.45, 2.75) is 58.3 Å². The van der Waals surface area contributed by atoms with Crippen molar-refractivity contribution >= 4 is 56.0 Å². The van der Waals surface area contributed by atoms with E-state index in [1.807, 2.05) is 6.07 Å². The van der Waals surface area contributed by atoms with Gasteiger partial charge in [-0.25, -0.2) is 9.97 Å². The Bertz CT molecular complexity index is 1110. The molecule has 4 rings (SSSR count). The van der Waals surface area contributed by atoms with Crippen molar-refractivity contribution in [3.63, 3.8) is 0 Å². The lowest BCUT2D eigenvalue weighted by molar-refractivity contribution is 0.508. The van der Waals surface area contributed by atoms with E-state index in [9.17, 15) is 0 Å². The predicted molar refractivity (Wildman–Crippen MR) is 136 cm³/mol. The normalized spacial score (nSPS) is 11.6. The SMILES string of the molecule is CCCCC(CCCC)c1nc2c([nH]1)c(Nc1ccc(I)cc1)nc1ccccc12. The van der Waals surface area contributed by atoms with Gasteiger partial charge in [0, 0.05) is 20.6 Å². The van der Waals surface area contributed by atoms with Gasteiger partial charge in [-0.3, -0.25) is 0 Å². The second-order valence-corrected chi connectivity index (χ2v) is 9.18. The van der Waals surface area contributed by atoms with Crippen molar-refractivity contribution in [1.29, 1.82) is 0 Å². The van der Waals surface area contributed by atoms with Crippen LogP contribution in [0.25, 0.3) is 21.9 Å². The third kappa shape index (κ3) is 4.61. The molecule has 0 atom stereocenters. The highest BCUT2D eigenvalue weighted by Crippen LogP contribution is 2.33. The van der Waals surface area contributed by atoms with Crippen LogP contribution in [0, 0.1) is 3.57 Å². The molecule has 2 aromatic heterocycles. The van der Waals surface area contributed by atoms with Gasteiger partial charge >= 0.3 is 0 Å². The first-order valence-corrected chi connectivity index (χ1v) is 12.1. The van der Waals surface area contributed by atoms with E-state index in [0.717, 1.165) is 39.3 Å². The molecule has 2 aromatic carbocycles. The van der Waals surface area contributed by atoms with Gasteiger partial charge in [-0.1, -0.05) is 57.7 Å². The number of H-pyrrole nitrogens is 1. The van der Waals surface area contributed by atoms with Gasteiger partial charge in [0.15, 0.2) is 5.82 Å². The minimum atomic E-state index is 0.474. The molecule has 4 aromatic rings. The van der Waals surface area contributed by atoms with E-state index < -0.39 is 0 Å². The molecule has 30 heavy (non-hydrogen) atoms. The number of imidazole rings is 1. The molecule has 5 heteroatoms. The molecule has 0 unspecified atom stereocenters. The summed E-state index contributed by atoms with van der Waals surface area (Å²) >= 11 is 2.33. The largest absolute Gasteiger partial charge is 0.339 e. The lowest BCUT2D eigenvalue weighted by Crippen LogP contribution is -2.01. The van der Waals surface area contributed by atoms with Gasteiger partial charge in [0.25, 0.3) is 0 Å². The van der Waals surface area contributed by atoms with Crippen LogP contribution in [0.1, 0.15) is 64.1 Å². The van der Waals surface area contributed by atoms with Crippen molar-refractivity contribution in [2.75, 3.05) is 5.32 Å². The molecular formula is C25H29IN4. The number of aromatic nitrogens is 3. The molecule has 0 aliphatic carbocycles. The molecule has 0 fully saturated rings. The predicted octanol–water partition coefficient (Wildman–Crippen LogP) is 7.92. The maximum atomic E-state index is 5.13. The molecule has 0 aliphatic rings. The number of hydrogen-bond donors (Lipinski definition) is 2. The first kappa shape index (κ1) is 21.1. The van der Waals surface area contributed by atoms with Gasteiger partial charge < -0.3 is 10.3 Å². The second-order valence-electron chi connectivity index (χ2n) is 7.94. The molecule has 0 bridgehead atoms. The summed E-state index contributed by atoms with van der Waals surface area (Å²) in [6.45, 7) is 4.52. The molecule has 0 radical (unpaired) electrons. The third-order valence-corrected chi connectivity index (χ3v) is 6.38. The second kappa shape index (κ2) is 9.77. The summed E-state index contributed by atoms with van der Waals surface area (Å²) in [7, 11) is 0. The number of rotatable bonds is 9. The molecule has 2 N–H and O–H groups in total. The Hall–Kier alpha value is -2.15. The van der Waals surface area contributed by atoms with Crippen LogP contribution in [0.5, 0.6) is 0 Å². The third-order valence-electron chi connectivity index (χ3n) is 5.66. The van der Waals surface area contributed by atoms with Crippen molar-refractivity contribution in [3.8, 4) is 0 Å². The summed E-state index contributed by atoms with van der Waals surface area (Å²) in [6.07, 6.45) is 7.26. The maximum Gasteiger partial charge on any atom is 0.157 e. The number of fused-ring (bicyclic) bond motifs is 3. The Morgan fingerprint density at radius 3 is 2.33 bits per heavy atom. The summed E-state index contributed by atoms with van der Waals surface area (Å²) in [4.78, 5) is 13.7. The first-order chi connectivity index (χ1) is 14.7. The van der Waals surface area contributed by atoms with Gasteiger partial charge in [-0.05, 0) is 65.8 Å². The minimum absolute atomic E-state index is 0.474. The lowest BCUT2D eigenvalue weighted by Gasteiger charge is -2.13. The van der Waals surface area contributed by atoms with E-state index in [2.05, 4.69) is 89.2 Å². The van der Waals surface area contributed by atoms with Crippen molar-refractivity contribution in [3.05, 3.63) is 57.9 Å². The van der Waals surface area contributed by atoms with E-state index >= 15 is 0 Å². The summed E-state index contributed by atoms with van der Waals surface area (Å²) in [5.41, 5.74) is 4.01. The maximum absolute atomic E-state index is 5.13. The van der Waals surface area contributed by atoms with Gasteiger partial charge in [-0.2, -0.15) is 0 Å². The Kier molecular flexibility index (Phi) is 6.87. The summed E-state index contributed by atoms with van der Waals surface area (Å²) in [5.74, 6) is 2.42. The van der Waals surface area contributed by atoms with Crippen molar-refractivity contribution in [1.82, 2.24) is 15.0 Å². The number of para-hydroxylation sites is 1. The number of pyridine rings is 1. The number of nitrogens with one attached hydrogen (secondary N) is 2. The Morgan fingerprint density at radius 2 is 1.63 bits per heavy atom. The Balaban J connectivity index is 1.80. The quantitative estimate of drug-likeness (QED) is 0.224. The first-order valence-electron chi connectivity index (χ1n) is 11.0. The lowest BCUT2D eigenvalue weighted by atomic mass is 9.95. The summed E-state index contributed by atoms with van der Waals surface area (Å²) in [6, 6.07) is 16.7. The summed E-state index contributed by atoms with van der Waals surface area (Å²) in [5, 5.41) is 4.62. The molecule has 0 saturated carbocycles. The highest BCUT2D eigenvalue weighted by molar-refractivity contribution is 14.1. The van der Waals surface area contributed by atoms with Gasteiger partial charge in [0.2, 0.25) is 0 Å². The van der Waals surface area contributed by atoms with Crippen molar-refractivity contribution in [2.24, 2.45) is 0 Å². The van der Waals surface area contributed by atoms with E-state index in [0.29, 0.717) is 5.92 Å². The van der Waals surface area contributed by atoms with Crippen LogP contribution in [0.3, 0.4) is 0 Å². The molecular weight excluding hydrogens is 483 g/mol. The fourth-order valence-electron chi connectivity index (χ4n) is 3.98. The van der Waals surface area contributed by atoms with Crippen LogP contribution in [0.4, 0.5) is 11.5 Å². The zero-order valence-corrected chi connectivity index (χ0v) is 19.9. The number of unbranched alkanes of at least 4 members (excludes halogenated alkanes) is 2. The molecule has 4 nitrogen and oxygen atoms in total. The number of anilines is 2. The smallest absolute Gasteiger partial charge is 0.157 e. The van der Waals surface area contributed by atoms with Gasteiger partial charge in [0.1, 0.15) is 16.9 Å². The number of benzene rings is 2. The van der Waals surface area contributed by atoms with Crippen LogP contribution in [0.2, 0.25) is 0 Å². The number of halogens is 1. The monoisotopic (exact) mass is 512 g/mol. The fourth-order valence-corrected chi connectivity index (χ4v) is 4.34. The van der Waals surface area contributed by atoms with Gasteiger partial charge in [-0.15, -0.1) is 0 Å². The Morgan fingerprint density at radius 1 is 0.933 bits per heavy atom. The fraction of sp³-hybridized carbons (Fsp3) is 0.360. The highest BCUT2D eigenvalue weighted by atomic mass is 127. The molecule has 0 amide bonds. The number of hydrogen-bond acceptors (Lipinski definition) is 3. The molecule has 156 valence electrons. The van der Waals surface area contributed by atoms with E-state index in [4.69, 9.17) is 9.97 Å².